The molecular formula is C15H23N3O2S. The van der Waals surface area contributed by atoms with Crippen LogP contribution in [0.2, 0.25) is 0 Å². The molecule has 0 saturated carbocycles. The van der Waals surface area contributed by atoms with Gasteiger partial charge in [0.1, 0.15) is 16.6 Å². The predicted molar refractivity (Wildman–Crippen MR) is 82.9 cm³/mol. The average molecular weight is 309 g/mol. The molecule has 1 N–H and O–H groups in total. The number of rotatable bonds is 4. The Bertz CT molecular complexity index is 555. The molecular weight excluding hydrogens is 286 g/mol. The van der Waals surface area contributed by atoms with Gasteiger partial charge in [0.2, 0.25) is 11.8 Å². The van der Waals surface area contributed by atoms with Crippen molar-refractivity contribution in [3.05, 3.63) is 16.1 Å². The van der Waals surface area contributed by atoms with E-state index in [9.17, 15) is 9.59 Å². The van der Waals surface area contributed by atoms with E-state index in [1.807, 2.05) is 40.0 Å². The standard InChI is InChI=1S/C15H23N3O2S/c1-6-15(5)14(20)17-12(9(2)3)13(19)18(15)7-11-16-10(4)8-21-11/h8-9,12H,6-7H2,1-5H3,(H,17,20). The van der Waals surface area contributed by atoms with Crippen molar-refractivity contribution in [1.29, 1.82) is 0 Å². The number of carbonyl (C=O) groups excluding carboxylic acids is 2. The molecule has 0 bridgehead atoms. The van der Waals surface area contributed by atoms with Crippen LogP contribution in [0.5, 0.6) is 0 Å². The fourth-order valence-electron chi connectivity index (χ4n) is 2.56. The summed E-state index contributed by atoms with van der Waals surface area (Å²) in [6.45, 7) is 9.99. The summed E-state index contributed by atoms with van der Waals surface area (Å²) in [5.74, 6) is -0.0123. The van der Waals surface area contributed by atoms with Crippen LogP contribution in [0.15, 0.2) is 5.38 Å². The average Bonchev–Trinajstić information content (AvgIpc) is 2.84. The second-order valence-electron chi connectivity index (χ2n) is 6.13. The number of nitrogens with zero attached hydrogens (tertiary/aromatic N) is 2. The molecule has 1 aliphatic rings. The molecule has 0 aliphatic carbocycles. The molecule has 1 aliphatic heterocycles. The molecule has 0 radical (unpaired) electrons. The Kier molecular flexibility index (Phi) is 4.37. The van der Waals surface area contributed by atoms with Crippen LogP contribution in [0.3, 0.4) is 0 Å². The van der Waals surface area contributed by atoms with Gasteiger partial charge in [0.25, 0.3) is 0 Å². The molecule has 1 fully saturated rings. The predicted octanol–water partition coefficient (Wildman–Crippen LogP) is 2.10. The first-order valence-electron chi connectivity index (χ1n) is 7.33. The third-order valence-corrected chi connectivity index (χ3v) is 5.17. The van der Waals surface area contributed by atoms with Gasteiger partial charge in [0, 0.05) is 11.1 Å². The second-order valence-corrected chi connectivity index (χ2v) is 7.07. The van der Waals surface area contributed by atoms with Gasteiger partial charge in [-0.15, -0.1) is 11.3 Å². The molecule has 2 atom stereocenters. The number of amides is 2. The highest BCUT2D eigenvalue weighted by molar-refractivity contribution is 7.09. The Morgan fingerprint density at radius 2 is 2.14 bits per heavy atom. The number of aromatic nitrogens is 1. The lowest BCUT2D eigenvalue weighted by Crippen LogP contribution is -2.69. The minimum Gasteiger partial charge on any atom is -0.342 e. The molecule has 2 unspecified atom stereocenters. The number of nitrogens with one attached hydrogen (secondary N) is 1. The molecule has 116 valence electrons. The number of hydrogen-bond acceptors (Lipinski definition) is 4. The van der Waals surface area contributed by atoms with E-state index in [4.69, 9.17) is 0 Å². The van der Waals surface area contributed by atoms with Crippen molar-refractivity contribution in [3.63, 3.8) is 0 Å². The summed E-state index contributed by atoms with van der Waals surface area (Å²) in [5.41, 5.74) is 0.143. The van der Waals surface area contributed by atoms with Gasteiger partial charge >= 0.3 is 0 Å². The van der Waals surface area contributed by atoms with Crippen molar-refractivity contribution in [1.82, 2.24) is 15.2 Å². The largest absolute Gasteiger partial charge is 0.342 e. The lowest BCUT2D eigenvalue weighted by Gasteiger charge is -2.46. The number of carbonyl (C=O) groups is 2. The highest BCUT2D eigenvalue weighted by Crippen LogP contribution is 2.29. The zero-order valence-electron chi connectivity index (χ0n) is 13.3. The van der Waals surface area contributed by atoms with Crippen LogP contribution in [0, 0.1) is 12.8 Å². The van der Waals surface area contributed by atoms with Gasteiger partial charge in [-0.05, 0) is 26.2 Å². The summed E-state index contributed by atoms with van der Waals surface area (Å²) < 4.78 is 0. The fraction of sp³-hybridized carbons (Fsp3) is 0.667. The summed E-state index contributed by atoms with van der Waals surface area (Å²) >= 11 is 1.53. The van der Waals surface area contributed by atoms with Crippen molar-refractivity contribution in [3.8, 4) is 0 Å². The zero-order valence-corrected chi connectivity index (χ0v) is 14.1. The van der Waals surface area contributed by atoms with Gasteiger partial charge in [0.05, 0.1) is 6.54 Å². The van der Waals surface area contributed by atoms with Crippen LogP contribution in [-0.4, -0.2) is 33.3 Å². The molecule has 2 amide bonds. The lowest BCUT2D eigenvalue weighted by atomic mass is 9.88. The van der Waals surface area contributed by atoms with Crippen molar-refractivity contribution in [2.45, 2.75) is 59.2 Å². The highest BCUT2D eigenvalue weighted by Gasteiger charge is 2.49. The van der Waals surface area contributed by atoms with Gasteiger partial charge in [0.15, 0.2) is 0 Å². The molecule has 0 spiro atoms. The van der Waals surface area contributed by atoms with Gasteiger partial charge in [-0.25, -0.2) is 4.98 Å². The normalized spacial score (nSPS) is 26.4. The number of aryl methyl sites for hydroxylation is 1. The second kappa shape index (κ2) is 5.75. The van der Waals surface area contributed by atoms with E-state index in [-0.39, 0.29) is 17.7 Å². The van der Waals surface area contributed by atoms with E-state index in [1.165, 1.54) is 11.3 Å². The summed E-state index contributed by atoms with van der Waals surface area (Å²) in [5, 5.41) is 5.72. The summed E-state index contributed by atoms with van der Waals surface area (Å²) in [6.07, 6.45) is 0.583. The topological polar surface area (TPSA) is 62.3 Å². The molecule has 5 nitrogen and oxygen atoms in total. The monoisotopic (exact) mass is 309 g/mol. The highest BCUT2D eigenvalue weighted by atomic mass is 32.1. The Morgan fingerprint density at radius 3 is 2.62 bits per heavy atom. The quantitative estimate of drug-likeness (QED) is 0.926. The van der Waals surface area contributed by atoms with E-state index < -0.39 is 11.6 Å². The van der Waals surface area contributed by atoms with E-state index in [0.29, 0.717) is 13.0 Å². The first-order valence-corrected chi connectivity index (χ1v) is 8.21. The third-order valence-electron chi connectivity index (χ3n) is 4.22. The van der Waals surface area contributed by atoms with Gasteiger partial charge in [-0.1, -0.05) is 20.8 Å². The summed E-state index contributed by atoms with van der Waals surface area (Å²) in [6, 6.07) is -0.446. The van der Waals surface area contributed by atoms with Crippen molar-refractivity contribution in [2.24, 2.45) is 5.92 Å². The van der Waals surface area contributed by atoms with Crippen LogP contribution in [0.25, 0.3) is 0 Å². The SMILES string of the molecule is CCC1(C)C(=O)NC(C(C)C)C(=O)N1Cc1nc(C)cs1. The van der Waals surface area contributed by atoms with E-state index in [1.54, 1.807) is 4.90 Å². The van der Waals surface area contributed by atoms with E-state index in [0.717, 1.165) is 10.7 Å². The Balaban J connectivity index is 2.34. The van der Waals surface area contributed by atoms with E-state index in [2.05, 4.69) is 10.3 Å². The van der Waals surface area contributed by atoms with Crippen LogP contribution in [0.4, 0.5) is 0 Å². The van der Waals surface area contributed by atoms with Crippen LogP contribution in [0.1, 0.15) is 44.8 Å². The van der Waals surface area contributed by atoms with Crippen molar-refractivity contribution in [2.75, 3.05) is 0 Å². The van der Waals surface area contributed by atoms with Gasteiger partial charge < -0.3 is 10.2 Å². The zero-order chi connectivity index (χ0) is 15.8. The maximum absolute atomic E-state index is 12.8. The minimum atomic E-state index is -0.804. The Hall–Kier alpha value is -1.43. The molecule has 2 rings (SSSR count). The fourth-order valence-corrected chi connectivity index (χ4v) is 3.32. The molecule has 2 heterocycles. The van der Waals surface area contributed by atoms with E-state index >= 15 is 0 Å². The number of piperazine rings is 1. The van der Waals surface area contributed by atoms with Gasteiger partial charge in [-0.3, -0.25) is 9.59 Å². The molecule has 1 aromatic heterocycles. The summed E-state index contributed by atoms with van der Waals surface area (Å²) in [4.78, 5) is 31.4. The van der Waals surface area contributed by atoms with Crippen LogP contribution >= 0.6 is 11.3 Å². The molecule has 0 aromatic carbocycles. The molecule has 6 heteroatoms. The first-order chi connectivity index (χ1) is 9.79. The van der Waals surface area contributed by atoms with Crippen molar-refractivity contribution < 1.29 is 9.59 Å². The maximum Gasteiger partial charge on any atom is 0.246 e. The Morgan fingerprint density at radius 1 is 1.48 bits per heavy atom. The third kappa shape index (κ3) is 2.81. The summed E-state index contributed by atoms with van der Waals surface area (Å²) in [7, 11) is 0. The smallest absolute Gasteiger partial charge is 0.246 e. The Labute approximate surface area is 129 Å². The number of thiazole rings is 1. The molecule has 1 saturated heterocycles. The molecule has 1 aromatic rings. The van der Waals surface area contributed by atoms with Gasteiger partial charge in [-0.2, -0.15) is 0 Å². The number of hydrogen-bond donors (Lipinski definition) is 1. The van der Waals surface area contributed by atoms with Crippen molar-refractivity contribution >= 4 is 23.2 Å². The molecule has 21 heavy (non-hydrogen) atoms. The lowest BCUT2D eigenvalue weighted by molar-refractivity contribution is -0.158. The van der Waals surface area contributed by atoms with Crippen LogP contribution < -0.4 is 5.32 Å². The maximum atomic E-state index is 12.8. The first kappa shape index (κ1) is 15.9. The minimum absolute atomic E-state index is 0.0122. The van der Waals surface area contributed by atoms with Crippen LogP contribution in [-0.2, 0) is 16.1 Å².